The van der Waals surface area contributed by atoms with Gasteiger partial charge >= 0.3 is 0 Å². The van der Waals surface area contributed by atoms with E-state index in [0.29, 0.717) is 17.9 Å². The highest BCUT2D eigenvalue weighted by Gasteiger charge is 2.26. The number of fused-ring (bicyclic) bond motifs is 4. The number of allylic oxidation sites excluding steroid dienone is 7. The molecule has 2 atom stereocenters. The van der Waals surface area contributed by atoms with E-state index in [1.54, 1.807) is 12.3 Å². The molecule has 3 nitrogen and oxygen atoms in total. The molecule has 0 saturated heterocycles. The maximum atomic E-state index is 14.3. The third kappa shape index (κ3) is 8.94. The predicted octanol–water partition coefficient (Wildman–Crippen LogP) is 9.57. The van der Waals surface area contributed by atoms with Gasteiger partial charge < -0.3 is 16.4 Å². The molecule has 2 aromatic rings. The van der Waals surface area contributed by atoms with E-state index in [0.717, 1.165) is 31.4 Å². The normalized spacial score (nSPS) is 18.9. The van der Waals surface area contributed by atoms with Gasteiger partial charge in [0.2, 0.25) is 0 Å². The maximum absolute atomic E-state index is 14.3. The number of dihydropyridines is 1. The van der Waals surface area contributed by atoms with Crippen molar-refractivity contribution < 1.29 is 8.78 Å². The fourth-order valence-electron chi connectivity index (χ4n) is 5.29. The van der Waals surface area contributed by atoms with Crippen LogP contribution in [0.3, 0.4) is 0 Å². The second-order valence-electron chi connectivity index (χ2n) is 9.77. The number of nitrogens with two attached hydrogens (primary N) is 1. The minimum absolute atomic E-state index is 0.0915. The van der Waals surface area contributed by atoms with Crippen molar-refractivity contribution >= 4 is 5.69 Å². The average molecular weight is 558 g/mol. The number of benzene rings is 2. The van der Waals surface area contributed by atoms with E-state index in [4.69, 9.17) is 0 Å². The smallest absolute Gasteiger partial charge is 0.129 e. The predicted molar refractivity (Wildman–Crippen MR) is 174 cm³/mol. The summed E-state index contributed by atoms with van der Waals surface area (Å²) in [6, 6.07) is 15.6. The van der Waals surface area contributed by atoms with E-state index in [-0.39, 0.29) is 23.9 Å². The highest BCUT2D eigenvalue weighted by molar-refractivity contribution is 5.71. The lowest BCUT2D eigenvalue weighted by molar-refractivity contribution is 0.488. The van der Waals surface area contributed by atoms with Crippen LogP contribution in [0.4, 0.5) is 14.5 Å². The first-order valence-electron chi connectivity index (χ1n) is 14.2. The SMILES string of the molecule is C=C.C=CC.C=CN.CNc1ccc2c(c1)CCCCC(C1C=CC(C3=C(F)CCC=C3F)=CN1)c1cccc-2c1. The molecule has 2 unspecified atom stereocenters. The van der Waals surface area contributed by atoms with Crippen molar-refractivity contribution in [3.63, 3.8) is 0 Å². The van der Waals surface area contributed by atoms with Gasteiger partial charge in [-0.05, 0) is 79.3 Å². The van der Waals surface area contributed by atoms with Crippen molar-refractivity contribution in [1.29, 1.82) is 0 Å². The molecule has 218 valence electrons. The summed E-state index contributed by atoms with van der Waals surface area (Å²) in [4.78, 5) is 0. The summed E-state index contributed by atoms with van der Waals surface area (Å²) >= 11 is 0. The van der Waals surface area contributed by atoms with Gasteiger partial charge in [0.1, 0.15) is 11.7 Å². The number of hydrogen-bond acceptors (Lipinski definition) is 3. The fourth-order valence-corrected chi connectivity index (χ4v) is 5.29. The molecule has 0 fully saturated rings. The van der Waals surface area contributed by atoms with Crippen molar-refractivity contribution in [1.82, 2.24) is 5.32 Å². The number of anilines is 1. The Morgan fingerprint density at radius 1 is 1.05 bits per heavy atom. The van der Waals surface area contributed by atoms with Crippen molar-refractivity contribution in [2.45, 2.75) is 57.4 Å². The number of nitrogens with one attached hydrogen (secondary N) is 2. The summed E-state index contributed by atoms with van der Waals surface area (Å²) in [5, 5.41) is 6.71. The molecule has 1 heterocycles. The van der Waals surface area contributed by atoms with Gasteiger partial charge in [0.25, 0.3) is 0 Å². The van der Waals surface area contributed by atoms with Crippen LogP contribution in [0.5, 0.6) is 0 Å². The lowest BCUT2D eigenvalue weighted by Gasteiger charge is -2.30. The Morgan fingerprint density at radius 2 is 1.78 bits per heavy atom. The maximum Gasteiger partial charge on any atom is 0.129 e. The highest BCUT2D eigenvalue weighted by atomic mass is 19.1. The molecule has 0 spiro atoms. The fraction of sp³-hybridized carbons (Fsp3) is 0.278. The molecule has 1 aliphatic heterocycles. The second-order valence-corrected chi connectivity index (χ2v) is 9.77. The number of rotatable bonds is 3. The molecule has 41 heavy (non-hydrogen) atoms. The monoisotopic (exact) mass is 557 g/mol. The van der Waals surface area contributed by atoms with E-state index in [9.17, 15) is 8.78 Å². The lowest BCUT2D eigenvalue weighted by Crippen LogP contribution is -2.32. The largest absolute Gasteiger partial charge is 0.405 e. The van der Waals surface area contributed by atoms with Crippen LogP contribution in [-0.4, -0.2) is 13.1 Å². The molecular formula is C36H45F2N3. The summed E-state index contributed by atoms with van der Waals surface area (Å²) < 4.78 is 28.6. The van der Waals surface area contributed by atoms with E-state index in [1.807, 2.05) is 20.0 Å². The minimum Gasteiger partial charge on any atom is -0.405 e. The molecule has 0 saturated carbocycles. The van der Waals surface area contributed by atoms with Crippen molar-refractivity contribution in [3.05, 3.63) is 139 Å². The Hall–Kier alpha value is -4.12. The standard InChI is InChI=1S/C29H30F2N2.C3H6.C2H5N.C2H4/c1-32-23-13-14-24-19-7-4-8-20(16-19)25(9-3-2-6-21(24)17-23)28-15-12-22(18-33-28)29-26(30)10-5-11-27(29)31;1-3-2;1-2-3;1-2/h4,7-8,10,12-18,25,28,32-33H,2-3,5-6,9,11H2,1H3;3H,1H2,2H3;2H,1,3H2;1-2H2. The van der Waals surface area contributed by atoms with E-state index in [2.05, 4.69) is 91.2 Å². The highest BCUT2D eigenvalue weighted by Crippen LogP contribution is 2.37. The zero-order valence-electron chi connectivity index (χ0n) is 24.6. The van der Waals surface area contributed by atoms with Crippen LogP contribution >= 0.6 is 0 Å². The first-order chi connectivity index (χ1) is 20.0. The van der Waals surface area contributed by atoms with Gasteiger partial charge in [0.15, 0.2) is 0 Å². The number of aryl methyl sites for hydroxylation is 1. The van der Waals surface area contributed by atoms with Crippen LogP contribution in [0.2, 0.25) is 0 Å². The number of halogens is 2. The van der Waals surface area contributed by atoms with Gasteiger partial charge in [-0.15, -0.1) is 19.7 Å². The second kappa shape index (κ2) is 17.5. The first-order valence-corrected chi connectivity index (χ1v) is 14.2. The molecule has 4 N–H and O–H groups in total. The molecule has 5 heteroatoms. The molecule has 0 aromatic heterocycles. The average Bonchev–Trinajstić information content (AvgIpc) is 2.99. The van der Waals surface area contributed by atoms with E-state index in [1.165, 1.54) is 34.5 Å². The van der Waals surface area contributed by atoms with E-state index >= 15 is 0 Å². The topological polar surface area (TPSA) is 50.1 Å². The molecular weight excluding hydrogens is 512 g/mol. The van der Waals surface area contributed by atoms with Crippen LogP contribution in [0.1, 0.15) is 56.1 Å². The minimum atomic E-state index is -0.457. The molecule has 0 radical (unpaired) electrons. The zero-order chi connectivity index (χ0) is 30.2. The van der Waals surface area contributed by atoms with E-state index < -0.39 is 5.83 Å². The van der Waals surface area contributed by atoms with Crippen LogP contribution < -0.4 is 16.4 Å². The van der Waals surface area contributed by atoms with Gasteiger partial charge in [-0.2, -0.15) is 0 Å². The van der Waals surface area contributed by atoms with Crippen LogP contribution in [-0.2, 0) is 6.42 Å². The Bertz CT molecular complexity index is 1280. The Kier molecular flexibility index (Phi) is 14.2. The number of hydrogen-bond donors (Lipinski definition) is 3. The lowest BCUT2D eigenvalue weighted by atomic mass is 9.82. The van der Waals surface area contributed by atoms with Gasteiger partial charge in [-0.3, -0.25) is 0 Å². The Balaban J connectivity index is 0.000000666. The molecule has 0 amide bonds. The molecule has 3 aliphatic rings. The van der Waals surface area contributed by atoms with Gasteiger partial charge in [-0.1, -0.05) is 61.6 Å². The summed E-state index contributed by atoms with van der Waals surface area (Å²) in [5.41, 5.74) is 11.7. The quantitative estimate of drug-likeness (QED) is 0.329. The third-order valence-corrected chi connectivity index (χ3v) is 7.06. The van der Waals surface area contributed by atoms with Gasteiger partial charge in [0.05, 0.1) is 11.6 Å². The Labute approximate surface area is 245 Å². The molecule has 2 bridgehead atoms. The molecule has 2 aliphatic carbocycles. The van der Waals surface area contributed by atoms with Crippen LogP contribution in [0.25, 0.3) is 11.1 Å². The summed E-state index contributed by atoms with van der Waals surface area (Å²) in [6.45, 7) is 14.4. The van der Waals surface area contributed by atoms with Crippen molar-refractivity contribution in [2.24, 2.45) is 5.73 Å². The van der Waals surface area contributed by atoms with Crippen LogP contribution in [0.15, 0.2) is 128 Å². The van der Waals surface area contributed by atoms with Crippen molar-refractivity contribution in [3.8, 4) is 11.1 Å². The van der Waals surface area contributed by atoms with Crippen LogP contribution in [0, 0.1) is 0 Å². The van der Waals surface area contributed by atoms with Crippen molar-refractivity contribution in [2.75, 3.05) is 12.4 Å². The van der Waals surface area contributed by atoms with Gasteiger partial charge in [0, 0.05) is 36.8 Å². The molecule has 2 aromatic carbocycles. The first kappa shape index (κ1) is 33.1. The molecule has 5 rings (SSSR count). The third-order valence-electron chi connectivity index (χ3n) is 7.06. The zero-order valence-corrected chi connectivity index (χ0v) is 24.6. The summed E-state index contributed by atoms with van der Waals surface area (Å²) in [6.07, 6.45) is 15.3. The summed E-state index contributed by atoms with van der Waals surface area (Å²) in [7, 11) is 1.96. The van der Waals surface area contributed by atoms with Gasteiger partial charge in [-0.25, -0.2) is 8.78 Å². The Morgan fingerprint density at radius 3 is 2.41 bits per heavy atom. The summed E-state index contributed by atoms with van der Waals surface area (Å²) in [5.74, 6) is -0.526.